The lowest BCUT2D eigenvalue weighted by Crippen LogP contribution is -2.13. The van der Waals surface area contributed by atoms with Crippen LogP contribution in [0.4, 0.5) is 0 Å². The van der Waals surface area contributed by atoms with Crippen LogP contribution in [-0.2, 0) is 0 Å². The van der Waals surface area contributed by atoms with Crippen LogP contribution in [0.25, 0.3) is 0 Å². The number of ether oxygens (including phenoxy) is 1. The van der Waals surface area contributed by atoms with Crippen LogP contribution in [-0.4, -0.2) is 22.2 Å². The first-order valence-electron chi connectivity index (χ1n) is 4.38. The number of carbonyl (C=O) groups is 1. The van der Waals surface area contributed by atoms with Gasteiger partial charge in [0.1, 0.15) is 5.56 Å². The van der Waals surface area contributed by atoms with E-state index in [0.29, 0.717) is 5.56 Å². The van der Waals surface area contributed by atoms with E-state index in [4.69, 9.17) is 16.3 Å². The number of aryl methyl sites for hydroxylation is 1. The summed E-state index contributed by atoms with van der Waals surface area (Å²) in [6.45, 7) is 3.33. The van der Waals surface area contributed by atoms with Gasteiger partial charge in [-0.25, -0.2) is 9.78 Å². The Morgan fingerprint density at radius 1 is 1.73 bits per heavy atom. The lowest BCUT2D eigenvalue weighted by atomic mass is 10.1. The number of carboxylic acids is 1. The molecule has 0 saturated carbocycles. The summed E-state index contributed by atoms with van der Waals surface area (Å²) in [5.41, 5.74) is 0.649. The number of pyridine rings is 1. The monoisotopic (exact) mass is 205 g/mol. The van der Waals surface area contributed by atoms with Gasteiger partial charge in [0.15, 0.2) is 6.10 Å². The third-order valence-corrected chi connectivity index (χ3v) is 1.86. The minimum absolute atomic E-state index is 0.0552. The second kappa shape index (κ2) is 4.47. The van der Waals surface area contributed by atoms with Crippen LogP contribution in [0.2, 0.25) is 0 Å². The van der Waals surface area contributed by atoms with Crippen molar-refractivity contribution < 1.29 is 14.6 Å². The average Bonchev–Trinajstić information content (AvgIpc) is 2.17. The molecule has 0 aliphatic carbocycles. The van der Waals surface area contributed by atoms with Gasteiger partial charge in [0.25, 0.3) is 0 Å². The van der Waals surface area contributed by atoms with Crippen molar-refractivity contribution >= 4 is 5.97 Å². The molecule has 15 heavy (non-hydrogen) atoms. The van der Waals surface area contributed by atoms with E-state index in [1.165, 1.54) is 6.20 Å². The largest absolute Gasteiger partial charge is 0.477 e. The fourth-order valence-electron chi connectivity index (χ4n) is 1.08. The Morgan fingerprint density at radius 2 is 2.40 bits per heavy atom. The van der Waals surface area contributed by atoms with Gasteiger partial charge in [-0.05, 0) is 25.5 Å². The summed E-state index contributed by atoms with van der Waals surface area (Å²) in [6.07, 6.45) is 6.12. The molecular formula is C11H11NO3. The molecule has 0 aromatic carbocycles. The minimum atomic E-state index is -1.07. The normalized spacial score (nSPS) is 11.5. The summed E-state index contributed by atoms with van der Waals surface area (Å²) in [5.74, 6) is 1.34. The fraction of sp³-hybridized carbons (Fsp3) is 0.273. The van der Waals surface area contributed by atoms with Gasteiger partial charge in [0.05, 0.1) is 0 Å². The Kier molecular flexibility index (Phi) is 3.29. The molecular weight excluding hydrogens is 194 g/mol. The van der Waals surface area contributed by atoms with E-state index in [1.54, 1.807) is 19.9 Å². The molecule has 0 aliphatic heterocycles. The zero-order chi connectivity index (χ0) is 11.4. The second-order valence-electron chi connectivity index (χ2n) is 3.04. The maximum absolute atomic E-state index is 10.9. The molecule has 0 bridgehead atoms. The average molecular weight is 205 g/mol. The first-order valence-corrected chi connectivity index (χ1v) is 4.38. The molecule has 0 amide bonds. The highest BCUT2D eigenvalue weighted by Gasteiger charge is 2.16. The molecule has 1 aromatic rings. The van der Waals surface area contributed by atoms with E-state index in [2.05, 4.69) is 10.9 Å². The van der Waals surface area contributed by atoms with Crippen LogP contribution in [0, 0.1) is 19.3 Å². The highest BCUT2D eigenvalue weighted by molar-refractivity contribution is 5.91. The molecule has 4 nitrogen and oxygen atoms in total. The predicted molar refractivity (Wildman–Crippen MR) is 54.9 cm³/mol. The quantitative estimate of drug-likeness (QED) is 0.759. The minimum Gasteiger partial charge on any atom is -0.477 e. The molecule has 1 atom stereocenters. The molecule has 1 heterocycles. The highest BCUT2D eigenvalue weighted by atomic mass is 16.5. The summed E-state index contributed by atoms with van der Waals surface area (Å²) < 4.78 is 5.21. The molecule has 1 N–H and O–H groups in total. The van der Waals surface area contributed by atoms with E-state index in [1.807, 2.05) is 0 Å². The number of carboxylic acid groups (broad SMARTS) is 1. The topological polar surface area (TPSA) is 59.4 Å². The molecule has 0 aliphatic rings. The maximum Gasteiger partial charge on any atom is 0.341 e. The number of terminal acetylenes is 1. The van der Waals surface area contributed by atoms with E-state index in [-0.39, 0.29) is 11.4 Å². The first-order chi connectivity index (χ1) is 7.06. The first kappa shape index (κ1) is 11.1. The number of hydrogen-bond donors (Lipinski definition) is 1. The Balaban J connectivity index is 3.13. The summed E-state index contributed by atoms with van der Waals surface area (Å²) in [4.78, 5) is 14.8. The zero-order valence-corrected chi connectivity index (χ0v) is 8.52. The molecule has 0 spiro atoms. The second-order valence-corrected chi connectivity index (χ2v) is 3.04. The van der Waals surface area contributed by atoms with Gasteiger partial charge in [-0.2, -0.15) is 0 Å². The zero-order valence-electron chi connectivity index (χ0n) is 8.52. The number of aromatic nitrogens is 1. The molecule has 0 saturated heterocycles. The van der Waals surface area contributed by atoms with Crippen LogP contribution in [0.3, 0.4) is 0 Å². The molecule has 0 radical (unpaired) electrons. The van der Waals surface area contributed by atoms with Crippen molar-refractivity contribution in [2.75, 3.05) is 0 Å². The van der Waals surface area contributed by atoms with Gasteiger partial charge >= 0.3 is 5.97 Å². The van der Waals surface area contributed by atoms with Crippen molar-refractivity contribution in [2.45, 2.75) is 20.0 Å². The van der Waals surface area contributed by atoms with Crippen molar-refractivity contribution in [3.05, 3.63) is 23.4 Å². The van der Waals surface area contributed by atoms with Crippen molar-refractivity contribution in [1.82, 2.24) is 4.98 Å². The van der Waals surface area contributed by atoms with Crippen molar-refractivity contribution in [3.63, 3.8) is 0 Å². The van der Waals surface area contributed by atoms with E-state index in [0.717, 1.165) is 0 Å². The van der Waals surface area contributed by atoms with Gasteiger partial charge in [-0.15, -0.1) is 6.42 Å². The van der Waals surface area contributed by atoms with Gasteiger partial charge in [0, 0.05) is 6.20 Å². The van der Waals surface area contributed by atoms with E-state index in [9.17, 15) is 4.79 Å². The van der Waals surface area contributed by atoms with Gasteiger partial charge < -0.3 is 9.84 Å². The lowest BCUT2D eigenvalue weighted by molar-refractivity contribution is 0.0689. The third kappa shape index (κ3) is 2.47. The van der Waals surface area contributed by atoms with Crippen LogP contribution in [0.15, 0.2) is 12.3 Å². The Labute approximate surface area is 87.9 Å². The molecule has 78 valence electrons. The predicted octanol–water partition coefficient (Wildman–Crippen LogP) is 1.49. The summed E-state index contributed by atoms with van der Waals surface area (Å²) in [6, 6.07) is 1.61. The van der Waals surface area contributed by atoms with Crippen molar-refractivity contribution in [1.29, 1.82) is 0 Å². The molecule has 4 heteroatoms. The number of rotatable bonds is 3. The third-order valence-electron chi connectivity index (χ3n) is 1.86. The Bertz CT molecular complexity index is 420. The van der Waals surface area contributed by atoms with Crippen molar-refractivity contribution in [3.8, 4) is 18.2 Å². The molecule has 1 rings (SSSR count). The summed E-state index contributed by atoms with van der Waals surface area (Å²) >= 11 is 0. The summed E-state index contributed by atoms with van der Waals surface area (Å²) in [7, 11) is 0. The number of hydrogen-bond acceptors (Lipinski definition) is 3. The van der Waals surface area contributed by atoms with Crippen LogP contribution in [0.5, 0.6) is 5.88 Å². The van der Waals surface area contributed by atoms with Crippen molar-refractivity contribution in [2.24, 2.45) is 0 Å². The lowest BCUT2D eigenvalue weighted by Gasteiger charge is -2.11. The maximum atomic E-state index is 10.9. The van der Waals surface area contributed by atoms with Crippen LogP contribution in [0.1, 0.15) is 22.8 Å². The molecule has 1 unspecified atom stereocenters. The molecule has 0 fully saturated rings. The van der Waals surface area contributed by atoms with Gasteiger partial charge in [0.2, 0.25) is 5.88 Å². The fourth-order valence-corrected chi connectivity index (χ4v) is 1.08. The number of nitrogens with zero attached hydrogens (tertiary/aromatic N) is 1. The standard InChI is InChI=1S/C11H11NO3/c1-4-8(3)15-10-9(11(13)14)7(2)5-6-12-10/h1,5-6,8H,2-3H3,(H,13,14). The Morgan fingerprint density at radius 3 is 2.93 bits per heavy atom. The van der Waals surface area contributed by atoms with Gasteiger partial charge in [-0.1, -0.05) is 5.92 Å². The van der Waals surface area contributed by atoms with Crippen LogP contribution >= 0.6 is 0 Å². The summed E-state index contributed by atoms with van der Waals surface area (Å²) in [5, 5.41) is 8.96. The Hall–Kier alpha value is -2.02. The van der Waals surface area contributed by atoms with E-state index < -0.39 is 12.1 Å². The number of aromatic carboxylic acids is 1. The van der Waals surface area contributed by atoms with E-state index >= 15 is 0 Å². The van der Waals surface area contributed by atoms with Gasteiger partial charge in [-0.3, -0.25) is 0 Å². The smallest absolute Gasteiger partial charge is 0.341 e. The molecule has 1 aromatic heterocycles. The highest BCUT2D eigenvalue weighted by Crippen LogP contribution is 2.19. The SMILES string of the molecule is C#CC(C)Oc1nccc(C)c1C(=O)O. The van der Waals surface area contributed by atoms with Crippen LogP contribution < -0.4 is 4.74 Å².